The van der Waals surface area contributed by atoms with E-state index in [-0.39, 0.29) is 50.4 Å². The van der Waals surface area contributed by atoms with Crippen molar-refractivity contribution in [3.8, 4) is 5.75 Å². The number of fused-ring (bicyclic) bond motifs is 2. The van der Waals surface area contributed by atoms with Gasteiger partial charge in [0, 0.05) is 39.6 Å². The molecule has 0 bridgehead atoms. The average Bonchev–Trinajstić information content (AvgIpc) is 3.67. The van der Waals surface area contributed by atoms with Gasteiger partial charge in [-0.15, -0.1) is 6.58 Å². The quantitative estimate of drug-likeness (QED) is 0.160. The predicted molar refractivity (Wildman–Crippen MR) is 194 cm³/mol. The lowest BCUT2D eigenvalue weighted by atomic mass is 9.99. The smallest absolute Gasteiger partial charge is 0.410 e. The Labute approximate surface area is 297 Å². The molecule has 1 aromatic heterocycles. The number of unbranched alkanes of at least 4 members (excludes halogenated alkanes) is 1. The lowest BCUT2D eigenvalue weighted by Crippen LogP contribution is -2.66. The molecule has 15 heteroatoms. The fourth-order valence-electron chi connectivity index (χ4n) is 6.17. The Balaban J connectivity index is 1.41. The molecule has 3 N–H and O–H groups in total. The second-order valence-electron chi connectivity index (χ2n) is 12.6. The summed E-state index contributed by atoms with van der Waals surface area (Å²) >= 11 is 1.54. The largest absolute Gasteiger partial charge is 0.412 e. The summed E-state index contributed by atoms with van der Waals surface area (Å²) in [5, 5.41) is 12.8. The van der Waals surface area contributed by atoms with Gasteiger partial charge in [-0.3, -0.25) is 14.6 Å². The molecule has 3 heterocycles. The second kappa shape index (κ2) is 16.8. The van der Waals surface area contributed by atoms with E-state index in [1.165, 1.54) is 16.3 Å². The van der Waals surface area contributed by atoms with Gasteiger partial charge in [-0.2, -0.15) is 5.01 Å². The molecule has 5 rings (SSSR count). The van der Waals surface area contributed by atoms with Gasteiger partial charge in [0.2, 0.25) is 11.8 Å². The Kier molecular flexibility index (Phi) is 12.3. The monoisotopic (exact) mass is 705 g/mol. The maximum atomic E-state index is 14.4. The third kappa shape index (κ3) is 8.52. The molecule has 0 unspecified atom stereocenters. The number of thiazole rings is 1. The van der Waals surface area contributed by atoms with Crippen LogP contribution in [0.2, 0.25) is 0 Å². The van der Waals surface area contributed by atoms with Crippen LogP contribution in [-0.4, -0.2) is 126 Å². The normalized spacial score (nSPS) is 17.6. The van der Waals surface area contributed by atoms with E-state index in [1.54, 1.807) is 45.2 Å². The summed E-state index contributed by atoms with van der Waals surface area (Å²) in [6.45, 7) is 8.17. The Morgan fingerprint density at radius 3 is 2.60 bits per heavy atom. The first-order valence-electron chi connectivity index (χ1n) is 16.9. The van der Waals surface area contributed by atoms with Crippen molar-refractivity contribution >= 4 is 50.6 Å². The molecule has 268 valence electrons. The number of nitrogens with zero attached hydrogens (tertiary/aromatic N) is 6. The van der Waals surface area contributed by atoms with Crippen molar-refractivity contribution in [1.82, 2.24) is 40.3 Å². The van der Waals surface area contributed by atoms with Gasteiger partial charge in [-0.05, 0) is 49.8 Å². The number of hydrogen-bond acceptors (Lipinski definition) is 10. The molecular weight excluding hydrogens is 659 g/mol. The average molecular weight is 706 g/mol. The molecule has 0 aliphatic carbocycles. The number of rotatable bonds is 15. The van der Waals surface area contributed by atoms with Gasteiger partial charge in [0.25, 0.3) is 0 Å². The summed E-state index contributed by atoms with van der Waals surface area (Å²) in [6.07, 6.45) is 2.48. The number of nitrogens with one attached hydrogen (secondary N) is 3. The Bertz CT molecular complexity index is 1680. The minimum atomic E-state index is -0.830. The number of benzene rings is 2. The Hall–Kier alpha value is -4.73. The van der Waals surface area contributed by atoms with Crippen LogP contribution >= 0.6 is 11.3 Å². The van der Waals surface area contributed by atoms with Crippen molar-refractivity contribution < 1.29 is 23.9 Å². The highest BCUT2D eigenvalue weighted by Gasteiger charge is 2.52. The maximum Gasteiger partial charge on any atom is 0.412 e. The van der Waals surface area contributed by atoms with Crippen molar-refractivity contribution in [2.45, 2.75) is 44.9 Å². The third-order valence-electron chi connectivity index (χ3n) is 8.69. The summed E-state index contributed by atoms with van der Waals surface area (Å²) in [7, 11) is 5.66. The second-order valence-corrected chi connectivity index (χ2v) is 13.6. The first-order chi connectivity index (χ1) is 24.1. The van der Waals surface area contributed by atoms with E-state index in [4.69, 9.17) is 9.72 Å². The fourth-order valence-corrected chi connectivity index (χ4v) is 7.03. The minimum absolute atomic E-state index is 0.0553. The zero-order valence-electron chi connectivity index (χ0n) is 29.2. The molecule has 0 spiro atoms. The number of hydrazine groups is 1. The summed E-state index contributed by atoms with van der Waals surface area (Å²) < 4.78 is 6.42. The molecule has 5 amide bonds. The molecule has 2 atom stereocenters. The van der Waals surface area contributed by atoms with Crippen molar-refractivity contribution in [3.63, 3.8) is 0 Å². The number of carbonyl (C=O) groups excluding carboxylic acids is 4. The highest BCUT2D eigenvalue weighted by atomic mass is 32.1. The Morgan fingerprint density at radius 1 is 1.12 bits per heavy atom. The first kappa shape index (κ1) is 36.5. The zero-order chi connectivity index (χ0) is 35.8. The van der Waals surface area contributed by atoms with E-state index in [1.807, 2.05) is 44.2 Å². The van der Waals surface area contributed by atoms with Gasteiger partial charge < -0.3 is 35.4 Å². The van der Waals surface area contributed by atoms with E-state index < -0.39 is 18.3 Å². The van der Waals surface area contributed by atoms with Crippen molar-refractivity contribution in [2.24, 2.45) is 0 Å². The van der Waals surface area contributed by atoms with Gasteiger partial charge >= 0.3 is 12.1 Å². The van der Waals surface area contributed by atoms with Gasteiger partial charge in [0.05, 0.1) is 29.9 Å². The maximum absolute atomic E-state index is 14.4. The zero-order valence-corrected chi connectivity index (χ0v) is 30.0. The molecule has 50 heavy (non-hydrogen) atoms. The number of hydrogen-bond donors (Lipinski definition) is 3. The molecule has 14 nitrogen and oxygen atoms in total. The van der Waals surface area contributed by atoms with Crippen LogP contribution in [0.4, 0.5) is 14.7 Å². The van der Waals surface area contributed by atoms with E-state index in [0.29, 0.717) is 25.4 Å². The molecule has 0 radical (unpaired) electrons. The van der Waals surface area contributed by atoms with Crippen LogP contribution in [0.3, 0.4) is 0 Å². The summed E-state index contributed by atoms with van der Waals surface area (Å²) in [6, 6.07) is 11.7. The topological polar surface area (TPSA) is 143 Å². The number of ether oxygens (including phenoxy) is 1. The van der Waals surface area contributed by atoms with Crippen molar-refractivity contribution in [1.29, 1.82) is 0 Å². The van der Waals surface area contributed by atoms with Crippen molar-refractivity contribution in [2.75, 3.05) is 65.7 Å². The number of urea groups is 1. The van der Waals surface area contributed by atoms with Crippen LogP contribution in [0.5, 0.6) is 5.75 Å². The molecule has 2 aliphatic heterocycles. The minimum Gasteiger partial charge on any atom is -0.410 e. The number of aromatic nitrogens is 1. The SMILES string of the molecule is C=CCN(C(=O)NCCCC)N1CC(=O)N2[C@@H](Cc3ccc(OC(=O)NCCN(C)C)cc3)C(=O)N(Cc3cccc4sc(NC)nc34)C[C@@H]21. The summed E-state index contributed by atoms with van der Waals surface area (Å²) in [5.41, 5.74) is 2.50. The summed E-state index contributed by atoms with van der Waals surface area (Å²) in [5.74, 6) is -0.0701. The molecule has 2 aliphatic rings. The van der Waals surface area contributed by atoms with Crippen LogP contribution < -0.4 is 20.7 Å². The van der Waals surface area contributed by atoms with Crippen LogP contribution in [-0.2, 0) is 22.6 Å². The molecule has 3 aromatic rings. The van der Waals surface area contributed by atoms with Gasteiger partial charge in [0.15, 0.2) is 5.13 Å². The fraction of sp³-hybridized carbons (Fsp3) is 0.457. The third-order valence-corrected chi connectivity index (χ3v) is 9.73. The highest BCUT2D eigenvalue weighted by molar-refractivity contribution is 7.22. The molecule has 0 saturated carbocycles. The molecule has 2 aromatic carbocycles. The van der Waals surface area contributed by atoms with Crippen molar-refractivity contribution in [3.05, 3.63) is 66.2 Å². The summed E-state index contributed by atoms with van der Waals surface area (Å²) in [4.78, 5) is 63.9. The lowest BCUT2D eigenvalue weighted by molar-refractivity contribution is -0.157. The number of piperazine rings is 1. The molecular formula is C35H47N9O5S. The van der Waals surface area contributed by atoms with E-state index in [9.17, 15) is 19.2 Å². The van der Waals surface area contributed by atoms with Crippen LogP contribution in [0, 0.1) is 0 Å². The highest BCUT2D eigenvalue weighted by Crippen LogP contribution is 2.33. The van der Waals surface area contributed by atoms with Crippen LogP contribution in [0.1, 0.15) is 30.9 Å². The van der Waals surface area contributed by atoms with E-state index in [2.05, 4.69) is 29.5 Å². The van der Waals surface area contributed by atoms with E-state index >= 15 is 0 Å². The predicted octanol–water partition coefficient (Wildman–Crippen LogP) is 3.32. The van der Waals surface area contributed by atoms with Crippen LogP contribution in [0.25, 0.3) is 10.2 Å². The lowest BCUT2D eigenvalue weighted by Gasteiger charge is -2.46. The molecule has 2 fully saturated rings. The molecule has 2 saturated heterocycles. The Morgan fingerprint density at radius 2 is 1.90 bits per heavy atom. The first-order valence-corrected chi connectivity index (χ1v) is 17.7. The number of likely N-dealkylation sites (N-methyl/N-ethyl adjacent to an activating group) is 1. The number of amides is 5. The number of carbonyl (C=O) groups is 4. The number of anilines is 1. The van der Waals surface area contributed by atoms with Gasteiger partial charge in [-0.25, -0.2) is 14.6 Å². The standard InChI is InChI=1S/C35H47N9O5S/c1-6-8-16-37-34(47)42(18-7-2)43-23-30(45)44-27(20-24-12-14-26(15-13-24)49-35(48)38-17-19-40(4)5)32(46)41(22-29(43)44)21-25-10-9-11-28-31(25)39-33(36-3)50-28/h7,9-15,27,29H,2,6,8,16-23H2,1,3-5H3,(H,36,39)(H,37,47)(H,38,48)/t27-,29+/m0/s1. The van der Waals surface area contributed by atoms with Gasteiger partial charge in [0.1, 0.15) is 18.0 Å². The van der Waals surface area contributed by atoms with E-state index in [0.717, 1.165) is 39.3 Å². The van der Waals surface area contributed by atoms with Crippen LogP contribution in [0.15, 0.2) is 55.1 Å². The number of para-hydroxylation sites is 1. The van der Waals surface area contributed by atoms with Gasteiger partial charge in [-0.1, -0.05) is 55.0 Å².